The van der Waals surface area contributed by atoms with Crippen LogP contribution in [0.2, 0.25) is 0 Å². The molecular formula is C10H8BrF5O. The minimum atomic E-state index is -5.53. The van der Waals surface area contributed by atoms with E-state index < -0.39 is 25.1 Å². The van der Waals surface area contributed by atoms with Gasteiger partial charge in [-0.3, -0.25) is 0 Å². The van der Waals surface area contributed by atoms with Gasteiger partial charge in [0, 0.05) is 4.47 Å². The summed E-state index contributed by atoms with van der Waals surface area (Å²) in [5.41, 5.74) is 0. The Bertz CT molecular complexity index is 377. The van der Waals surface area contributed by atoms with Crippen LogP contribution < -0.4 is 4.74 Å². The van der Waals surface area contributed by atoms with Crippen molar-refractivity contribution in [3.8, 4) is 5.75 Å². The number of hydrogen-bond acceptors (Lipinski definition) is 1. The van der Waals surface area contributed by atoms with Crippen molar-refractivity contribution < 1.29 is 26.7 Å². The molecule has 0 aromatic heterocycles. The van der Waals surface area contributed by atoms with E-state index in [9.17, 15) is 22.0 Å². The maximum Gasteiger partial charge on any atom is 0.453 e. The van der Waals surface area contributed by atoms with Crippen LogP contribution in [0.4, 0.5) is 22.0 Å². The fourth-order valence-electron chi connectivity index (χ4n) is 0.996. The molecule has 0 saturated heterocycles. The van der Waals surface area contributed by atoms with Crippen LogP contribution in [0.1, 0.15) is 6.42 Å². The Morgan fingerprint density at radius 1 is 1.12 bits per heavy atom. The van der Waals surface area contributed by atoms with Crippen molar-refractivity contribution in [2.24, 2.45) is 0 Å². The molecule has 0 bridgehead atoms. The fourth-order valence-corrected chi connectivity index (χ4v) is 1.37. The molecule has 1 aromatic rings. The van der Waals surface area contributed by atoms with E-state index in [1.807, 2.05) is 0 Å². The lowest BCUT2D eigenvalue weighted by Gasteiger charge is -2.19. The van der Waals surface area contributed by atoms with Crippen LogP contribution in [0.15, 0.2) is 28.7 Å². The highest BCUT2D eigenvalue weighted by atomic mass is 79.9. The molecule has 0 heterocycles. The Labute approximate surface area is 103 Å². The summed E-state index contributed by atoms with van der Waals surface area (Å²) in [5, 5.41) is 0. The van der Waals surface area contributed by atoms with Crippen molar-refractivity contribution >= 4 is 15.9 Å². The van der Waals surface area contributed by atoms with E-state index in [1.54, 1.807) is 12.1 Å². The number of halogens is 6. The van der Waals surface area contributed by atoms with Gasteiger partial charge in [-0.15, -0.1) is 0 Å². The quantitative estimate of drug-likeness (QED) is 0.747. The highest BCUT2D eigenvalue weighted by Gasteiger charge is 2.56. The molecule has 0 radical (unpaired) electrons. The van der Waals surface area contributed by atoms with E-state index in [4.69, 9.17) is 4.74 Å². The lowest BCUT2D eigenvalue weighted by Crippen LogP contribution is -2.37. The normalized spacial score (nSPS) is 12.6. The van der Waals surface area contributed by atoms with Crippen molar-refractivity contribution in [1.82, 2.24) is 0 Å². The van der Waals surface area contributed by atoms with Gasteiger partial charge < -0.3 is 4.74 Å². The Kier molecular flexibility index (Phi) is 4.35. The van der Waals surface area contributed by atoms with E-state index in [1.165, 1.54) is 12.1 Å². The summed E-state index contributed by atoms with van der Waals surface area (Å²) in [4.78, 5) is 0. The van der Waals surface area contributed by atoms with Crippen molar-refractivity contribution in [3.63, 3.8) is 0 Å². The zero-order valence-corrected chi connectivity index (χ0v) is 9.99. The lowest BCUT2D eigenvalue weighted by atomic mass is 10.2. The number of alkyl halides is 5. The summed E-state index contributed by atoms with van der Waals surface area (Å²) in [6.07, 6.45) is -6.93. The minimum Gasteiger partial charge on any atom is -0.493 e. The van der Waals surface area contributed by atoms with Gasteiger partial charge in [0.05, 0.1) is 13.0 Å². The summed E-state index contributed by atoms with van der Waals surface area (Å²) >= 11 is 3.12. The first-order chi connectivity index (χ1) is 7.72. The van der Waals surface area contributed by atoms with Gasteiger partial charge in [0.2, 0.25) is 0 Å². The smallest absolute Gasteiger partial charge is 0.453 e. The predicted octanol–water partition coefficient (Wildman–Crippen LogP) is 4.42. The molecule has 0 spiro atoms. The standard InChI is InChI=1S/C10H8BrF5O/c11-7-2-1-3-8(6-7)17-5-4-9(12,13)10(14,15)16/h1-3,6H,4-5H2. The highest BCUT2D eigenvalue weighted by molar-refractivity contribution is 9.10. The second-order valence-corrected chi connectivity index (χ2v) is 4.17. The number of benzene rings is 1. The molecule has 0 aliphatic rings. The van der Waals surface area contributed by atoms with Gasteiger partial charge in [0.1, 0.15) is 5.75 Å². The molecule has 96 valence electrons. The summed E-state index contributed by atoms with van der Waals surface area (Å²) in [6, 6.07) is 6.21. The number of rotatable bonds is 4. The molecule has 0 aliphatic heterocycles. The highest BCUT2D eigenvalue weighted by Crippen LogP contribution is 2.37. The molecule has 7 heteroatoms. The Hall–Kier alpha value is -0.850. The van der Waals surface area contributed by atoms with Gasteiger partial charge in [-0.2, -0.15) is 22.0 Å². The van der Waals surface area contributed by atoms with E-state index in [0.717, 1.165) is 0 Å². The Balaban J connectivity index is 2.48. The maximum absolute atomic E-state index is 12.5. The largest absolute Gasteiger partial charge is 0.493 e. The van der Waals surface area contributed by atoms with Crippen LogP contribution in [0.25, 0.3) is 0 Å². The van der Waals surface area contributed by atoms with Gasteiger partial charge in [-0.25, -0.2) is 0 Å². The number of ether oxygens (including phenoxy) is 1. The molecule has 0 atom stereocenters. The molecule has 0 aliphatic carbocycles. The third-order valence-corrected chi connectivity index (χ3v) is 2.39. The van der Waals surface area contributed by atoms with Crippen LogP contribution in [0.3, 0.4) is 0 Å². The Morgan fingerprint density at radius 3 is 2.29 bits per heavy atom. The van der Waals surface area contributed by atoms with E-state index in [0.29, 0.717) is 4.47 Å². The first kappa shape index (κ1) is 14.2. The average molecular weight is 319 g/mol. The lowest BCUT2D eigenvalue weighted by molar-refractivity contribution is -0.285. The van der Waals surface area contributed by atoms with E-state index in [2.05, 4.69) is 15.9 Å². The molecule has 1 aromatic carbocycles. The van der Waals surface area contributed by atoms with Crippen LogP contribution >= 0.6 is 15.9 Å². The van der Waals surface area contributed by atoms with Gasteiger partial charge in [-0.1, -0.05) is 22.0 Å². The SMILES string of the molecule is FC(F)(F)C(F)(F)CCOc1cccc(Br)c1. The van der Waals surface area contributed by atoms with Crippen LogP contribution in [0, 0.1) is 0 Å². The zero-order chi connectivity index (χ0) is 13.1. The third-order valence-electron chi connectivity index (χ3n) is 1.90. The Morgan fingerprint density at radius 2 is 1.76 bits per heavy atom. The second kappa shape index (κ2) is 5.20. The third kappa shape index (κ3) is 4.14. The van der Waals surface area contributed by atoms with Gasteiger partial charge in [0.25, 0.3) is 0 Å². The average Bonchev–Trinajstić information content (AvgIpc) is 2.15. The molecule has 0 N–H and O–H groups in total. The summed E-state index contributed by atoms with van der Waals surface area (Å²) in [7, 11) is 0. The first-order valence-corrected chi connectivity index (χ1v) is 5.34. The van der Waals surface area contributed by atoms with E-state index >= 15 is 0 Å². The summed E-state index contributed by atoms with van der Waals surface area (Å²) in [6.45, 7) is -0.705. The minimum absolute atomic E-state index is 0.234. The molecule has 0 saturated carbocycles. The van der Waals surface area contributed by atoms with Crippen LogP contribution in [-0.4, -0.2) is 18.7 Å². The zero-order valence-electron chi connectivity index (χ0n) is 8.40. The monoisotopic (exact) mass is 318 g/mol. The van der Waals surface area contributed by atoms with Crippen LogP contribution in [0.5, 0.6) is 5.75 Å². The molecule has 0 unspecified atom stereocenters. The summed E-state index contributed by atoms with van der Waals surface area (Å²) in [5.74, 6) is -4.49. The molecule has 0 amide bonds. The maximum atomic E-state index is 12.5. The molecule has 0 fully saturated rings. The van der Waals surface area contributed by atoms with Crippen LogP contribution in [-0.2, 0) is 0 Å². The molecule has 1 rings (SSSR count). The second-order valence-electron chi connectivity index (χ2n) is 3.26. The summed E-state index contributed by atoms with van der Waals surface area (Å²) < 4.78 is 65.9. The van der Waals surface area contributed by atoms with Gasteiger partial charge >= 0.3 is 12.1 Å². The molecule has 1 nitrogen and oxygen atoms in total. The fraction of sp³-hybridized carbons (Fsp3) is 0.400. The molecular weight excluding hydrogens is 311 g/mol. The van der Waals surface area contributed by atoms with E-state index in [-0.39, 0.29) is 5.75 Å². The first-order valence-electron chi connectivity index (χ1n) is 4.55. The van der Waals surface area contributed by atoms with Crippen molar-refractivity contribution in [2.45, 2.75) is 18.5 Å². The number of hydrogen-bond donors (Lipinski definition) is 0. The predicted molar refractivity (Wildman–Crippen MR) is 55.3 cm³/mol. The van der Waals surface area contributed by atoms with Crippen molar-refractivity contribution in [2.75, 3.05) is 6.61 Å². The van der Waals surface area contributed by atoms with Gasteiger partial charge in [0.15, 0.2) is 0 Å². The van der Waals surface area contributed by atoms with Crippen molar-refractivity contribution in [1.29, 1.82) is 0 Å². The van der Waals surface area contributed by atoms with Gasteiger partial charge in [-0.05, 0) is 18.2 Å². The molecule has 17 heavy (non-hydrogen) atoms. The topological polar surface area (TPSA) is 9.23 Å². The van der Waals surface area contributed by atoms with Crippen molar-refractivity contribution in [3.05, 3.63) is 28.7 Å².